The monoisotopic (exact) mass is 472 g/mol. The Morgan fingerprint density at radius 2 is 1.91 bits per heavy atom. The van der Waals surface area contributed by atoms with Gasteiger partial charge in [0.05, 0.1) is 24.0 Å². The van der Waals surface area contributed by atoms with E-state index in [0.717, 1.165) is 38.1 Å². The zero-order valence-electron chi connectivity index (χ0n) is 19.3. The number of amides is 1. The first-order chi connectivity index (χ1) is 17.1. The standard InChI is InChI=1S/C26H25FN6O2/c1-35-22-10-5-4-9-20(22)29-24-18(8-7-14-28-24)26(34)30-21-16-17(12-13-19(21)27)25-32-31-23-11-3-2-6-15-33(23)25/h4-5,7-10,12-14,16H,2-3,6,11,15H2,1H3,(H,28,29)(H,30,34). The SMILES string of the molecule is COc1ccccc1Nc1ncccc1C(=O)Nc1cc(-c2nnc3n2CCCCC3)ccc1F. The van der Waals surface area contributed by atoms with Gasteiger partial charge in [-0.25, -0.2) is 9.37 Å². The Morgan fingerprint density at radius 3 is 2.80 bits per heavy atom. The third kappa shape index (κ3) is 4.70. The zero-order valence-corrected chi connectivity index (χ0v) is 19.3. The molecular formula is C26H25FN6O2. The average Bonchev–Trinajstić information content (AvgIpc) is 3.13. The fraction of sp³-hybridized carbons (Fsp3) is 0.231. The van der Waals surface area contributed by atoms with E-state index in [0.29, 0.717) is 28.6 Å². The van der Waals surface area contributed by atoms with Gasteiger partial charge in [-0.05, 0) is 55.3 Å². The molecule has 2 N–H and O–H groups in total. The van der Waals surface area contributed by atoms with Gasteiger partial charge in [0.25, 0.3) is 5.91 Å². The van der Waals surface area contributed by atoms with Crippen LogP contribution in [0.2, 0.25) is 0 Å². The molecule has 4 aromatic rings. The number of hydrogen-bond donors (Lipinski definition) is 2. The molecule has 8 nitrogen and oxygen atoms in total. The van der Waals surface area contributed by atoms with Crippen LogP contribution in [0.25, 0.3) is 11.4 Å². The Morgan fingerprint density at radius 1 is 1.03 bits per heavy atom. The molecular weight excluding hydrogens is 447 g/mol. The van der Waals surface area contributed by atoms with Gasteiger partial charge in [-0.1, -0.05) is 18.6 Å². The van der Waals surface area contributed by atoms with Crippen molar-refractivity contribution in [2.45, 2.75) is 32.2 Å². The van der Waals surface area contributed by atoms with Crippen molar-refractivity contribution in [3.63, 3.8) is 0 Å². The second kappa shape index (κ2) is 9.92. The van der Waals surface area contributed by atoms with E-state index in [9.17, 15) is 9.18 Å². The lowest BCUT2D eigenvalue weighted by atomic mass is 10.1. The number of para-hydroxylation sites is 2. The Balaban J connectivity index is 1.42. The van der Waals surface area contributed by atoms with Crippen LogP contribution in [0.4, 0.5) is 21.6 Å². The van der Waals surface area contributed by atoms with Gasteiger partial charge in [0.2, 0.25) is 0 Å². The first-order valence-electron chi connectivity index (χ1n) is 11.5. The number of hydrogen-bond acceptors (Lipinski definition) is 6. The van der Waals surface area contributed by atoms with Crippen molar-refractivity contribution in [2.24, 2.45) is 0 Å². The maximum Gasteiger partial charge on any atom is 0.259 e. The van der Waals surface area contributed by atoms with Crippen molar-refractivity contribution >= 4 is 23.1 Å². The van der Waals surface area contributed by atoms with E-state index < -0.39 is 11.7 Å². The van der Waals surface area contributed by atoms with E-state index in [4.69, 9.17) is 4.74 Å². The lowest BCUT2D eigenvalue weighted by Gasteiger charge is -2.14. The number of halogens is 1. The minimum Gasteiger partial charge on any atom is -0.495 e. The molecule has 0 atom stereocenters. The minimum absolute atomic E-state index is 0.0607. The molecule has 3 heterocycles. The maximum absolute atomic E-state index is 14.7. The third-order valence-electron chi connectivity index (χ3n) is 5.99. The summed E-state index contributed by atoms with van der Waals surface area (Å²) in [7, 11) is 1.57. The first kappa shape index (κ1) is 22.5. The topological polar surface area (TPSA) is 94.0 Å². The molecule has 0 saturated heterocycles. The number of anilines is 3. The molecule has 0 radical (unpaired) electrons. The highest BCUT2D eigenvalue weighted by molar-refractivity contribution is 6.08. The van der Waals surface area contributed by atoms with Crippen molar-refractivity contribution in [2.75, 3.05) is 17.7 Å². The molecule has 0 saturated carbocycles. The fourth-order valence-corrected chi connectivity index (χ4v) is 4.21. The molecule has 1 aliphatic heterocycles. The van der Waals surface area contributed by atoms with Gasteiger partial charge in [0.1, 0.15) is 23.2 Å². The third-order valence-corrected chi connectivity index (χ3v) is 5.99. The molecule has 5 rings (SSSR count). The molecule has 0 bridgehead atoms. The lowest BCUT2D eigenvalue weighted by Crippen LogP contribution is -2.16. The largest absolute Gasteiger partial charge is 0.495 e. The number of ether oxygens (including phenoxy) is 1. The summed E-state index contributed by atoms with van der Waals surface area (Å²) in [5.41, 5.74) is 1.68. The molecule has 1 amide bonds. The molecule has 9 heteroatoms. The Labute approximate surface area is 202 Å². The number of carbonyl (C=O) groups excluding carboxylic acids is 1. The number of nitrogens with one attached hydrogen (secondary N) is 2. The zero-order chi connectivity index (χ0) is 24.2. The predicted molar refractivity (Wildman–Crippen MR) is 131 cm³/mol. The smallest absolute Gasteiger partial charge is 0.259 e. The second-order valence-electron chi connectivity index (χ2n) is 8.28. The molecule has 0 aliphatic carbocycles. The van der Waals surface area contributed by atoms with Crippen molar-refractivity contribution < 1.29 is 13.9 Å². The summed E-state index contributed by atoms with van der Waals surface area (Å²) < 4.78 is 22.2. The van der Waals surface area contributed by atoms with Gasteiger partial charge >= 0.3 is 0 Å². The fourth-order valence-electron chi connectivity index (χ4n) is 4.21. The minimum atomic E-state index is -0.541. The van der Waals surface area contributed by atoms with Gasteiger partial charge in [-0.3, -0.25) is 4.79 Å². The quantitative estimate of drug-likeness (QED) is 0.400. The van der Waals surface area contributed by atoms with Gasteiger partial charge in [-0.2, -0.15) is 0 Å². The van der Waals surface area contributed by atoms with Gasteiger partial charge < -0.3 is 19.9 Å². The van der Waals surface area contributed by atoms with E-state index in [1.165, 1.54) is 6.07 Å². The van der Waals surface area contributed by atoms with Crippen LogP contribution in [0.1, 0.15) is 35.4 Å². The molecule has 35 heavy (non-hydrogen) atoms. The molecule has 0 spiro atoms. The first-order valence-corrected chi connectivity index (χ1v) is 11.5. The maximum atomic E-state index is 14.7. The number of carbonyl (C=O) groups is 1. The normalized spacial score (nSPS) is 13.0. The molecule has 0 unspecified atom stereocenters. The van der Waals surface area contributed by atoms with Crippen molar-refractivity contribution in [3.05, 3.63) is 78.0 Å². The molecule has 178 valence electrons. The van der Waals surface area contributed by atoms with E-state index in [2.05, 4.69) is 30.4 Å². The summed E-state index contributed by atoms with van der Waals surface area (Å²) in [5.74, 6) is 1.52. The van der Waals surface area contributed by atoms with Crippen LogP contribution < -0.4 is 15.4 Å². The lowest BCUT2D eigenvalue weighted by molar-refractivity contribution is 0.102. The van der Waals surface area contributed by atoms with Crippen LogP contribution in [0, 0.1) is 5.82 Å². The summed E-state index contributed by atoms with van der Waals surface area (Å²) in [4.78, 5) is 17.5. The van der Waals surface area contributed by atoms with E-state index in [1.54, 1.807) is 43.6 Å². The van der Waals surface area contributed by atoms with Crippen molar-refractivity contribution in [1.82, 2.24) is 19.7 Å². The van der Waals surface area contributed by atoms with Crippen LogP contribution in [0.5, 0.6) is 5.75 Å². The van der Waals surface area contributed by atoms with E-state index in [-0.39, 0.29) is 11.3 Å². The Bertz CT molecular complexity index is 1370. The summed E-state index contributed by atoms with van der Waals surface area (Å²) in [6.07, 6.45) is 5.72. The van der Waals surface area contributed by atoms with Crippen LogP contribution >= 0.6 is 0 Å². The molecule has 0 fully saturated rings. The number of pyridine rings is 1. The number of benzene rings is 2. The van der Waals surface area contributed by atoms with Crippen LogP contribution in [0.3, 0.4) is 0 Å². The highest BCUT2D eigenvalue weighted by Gasteiger charge is 2.19. The predicted octanol–water partition coefficient (Wildman–Crippen LogP) is 5.21. The summed E-state index contributed by atoms with van der Waals surface area (Å²) >= 11 is 0. The van der Waals surface area contributed by atoms with Gasteiger partial charge in [0, 0.05) is 24.7 Å². The van der Waals surface area contributed by atoms with E-state index in [1.807, 2.05) is 18.2 Å². The summed E-state index contributed by atoms with van der Waals surface area (Å²) in [6, 6.07) is 15.2. The van der Waals surface area contributed by atoms with E-state index >= 15 is 0 Å². The number of aromatic nitrogens is 4. The van der Waals surface area contributed by atoms with Crippen LogP contribution in [0.15, 0.2) is 60.8 Å². The van der Waals surface area contributed by atoms with Crippen molar-refractivity contribution in [3.8, 4) is 17.1 Å². The number of rotatable bonds is 6. The highest BCUT2D eigenvalue weighted by Crippen LogP contribution is 2.29. The summed E-state index contributed by atoms with van der Waals surface area (Å²) in [5, 5.41) is 14.5. The number of fused-ring (bicyclic) bond motifs is 1. The Hall–Kier alpha value is -4.27. The molecule has 1 aliphatic rings. The van der Waals surface area contributed by atoms with Gasteiger partial charge in [0.15, 0.2) is 5.82 Å². The number of aryl methyl sites for hydroxylation is 1. The number of nitrogens with zero attached hydrogens (tertiary/aromatic N) is 4. The molecule has 2 aromatic heterocycles. The molecule has 2 aromatic carbocycles. The van der Waals surface area contributed by atoms with Crippen molar-refractivity contribution in [1.29, 1.82) is 0 Å². The second-order valence-corrected chi connectivity index (χ2v) is 8.28. The highest BCUT2D eigenvalue weighted by atomic mass is 19.1. The van der Waals surface area contributed by atoms with Crippen LogP contribution in [-0.4, -0.2) is 32.8 Å². The Kier molecular flexibility index (Phi) is 6.38. The summed E-state index contributed by atoms with van der Waals surface area (Å²) in [6.45, 7) is 0.824. The van der Waals surface area contributed by atoms with Gasteiger partial charge in [-0.15, -0.1) is 10.2 Å². The van der Waals surface area contributed by atoms with Crippen LogP contribution in [-0.2, 0) is 13.0 Å². The number of methoxy groups -OCH3 is 1. The average molecular weight is 473 g/mol.